The molecule has 2 rings (SSSR count). The van der Waals surface area contributed by atoms with Gasteiger partial charge in [-0.3, -0.25) is 0 Å². The Morgan fingerprint density at radius 2 is 2.00 bits per heavy atom. The summed E-state index contributed by atoms with van der Waals surface area (Å²) in [6, 6.07) is 8.02. The summed E-state index contributed by atoms with van der Waals surface area (Å²) in [6.07, 6.45) is 1.85. The van der Waals surface area contributed by atoms with Gasteiger partial charge in [-0.2, -0.15) is 5.10 Å². The first kappa shape index (κ1) is 13.3. The minimum Gasteiger partial charge on any atom is -0.392 e. The molecule has 0 aliphatic carbocycles. The van der Waals surface area contributed by atoms with Gasteiger partial charge in [0, 0.05) is 15.7 Å². The molecule has 18 heavy (non-hydrogen) atoms. The van der Waals surface area contributed by atoms with Gasteiger partial charge in [-0.1, -0.05) is 29.8 Å². The zero-order valence-corrected chi connectivity index (χ0v) is 12.2. The normalized spacial score (nSPS) is 10.9. The summed E-state index contributed by atoms with van der Waals surface area (Å²) in [7, 11) is 0. The summed E-state index contributed by atoms with van der Waals surface area (Å²) in [6.45, 7) is 4.23. The Labute approximate surface area is 116 Å². The van der Waals surface area contributed by atoms with Crippen LogP contribution in [-0.4, -0.2) is 14.9 Å². The van der Waals surface area contributed by atoms with E-state index in [1.165, 1.54) is 5.69 Å². The Morgan fingerprint density at radius 1 is 1.22 bits per heavy atom. The van der Waals surface area contributed by atoms with Crippen LogP contribution in [0.25, 0.3) is 5.69 Å². The summed E-state index contributed by atoms with van der Waals surface area (Å²) in [5.41, 5.74) is 4.09. The summed E-state index contributed by atoms with van der Waals surface area (Å²) >= 11 is 3.42. The number of hydrogen-bond donors (Lipinski definition) is 1. The van der Waals surface area contributed by atoms with Gasteiger partial charge >= 0.3 is 0 Å². The van der Waals surface area contributed by atoms with Gasteiger partial charge in [-0.15, -0.1) is 0 Å². The van der Waals surface area contributed by atoms with Crippen molar-refractivity contribution in [3.63, 3.8) is 0 Å². The smallest absolute Gasteiger partial charge is 0.0704 e. The van der Waals surface area contributed by atoms with E-state index in [-0.39, 0.29) is 6.61 Å². The van der Waals surface area contributed by atoms with E-state index in [4.69, 9.17) is 0 Å². The van der Waals surface area contributed by atoms with Gasteiger partial charge in [0.2, 0.25) is 0 Å². The molecule has 1 aromatic heterocycles. The van der Waals surface area contributed by atoms with Crippen molar-refractivity contribution in [3.05, 3.63) is 45.7 Å². The number of aryl methyl sites for hydroxylation is 2. The Bertz CT molecular complexity index is 549. The third-order valence-corrected chi connectivity index (χ3v) is 3.49. The monoisotopic (exact) mass is 308 g/mol. The molecule has 0 aliphatic heterocycles. The molecule has 0 aliphatic rings. The van der Waals surface area contributed by atoms with Crippen LogP contribution in [-0.2, 0) is 19.4 Å². The highest BCUT2D eigenvalue weighted by Crippen LogP contribution is 2.22. The number of aliphatic hydroxyl groups excluding tert-OH is 1. The molecule has 0 saturated heterocycles. The lowest BCUT2D eigenvalue weighted by molar-refractivity contribution is 0.281. The average molecular weight is 309 g/mol. The summed E-state index contributed by atoms with van der Waals surface area (Å²) < 4.78 is 2.91. The topological polar surface area (TPSA) is 38.0 Å². The third kappa shape index (κ3) is 2.49. The number of halogens is 1. The molecule has 1 N–H and O–H groups in total. The second-order valence-corrected chi connectivity index (χ2v) is 5.09. The van der Waals surface area contributed by atoms with E-state index < -0.39 is 0 Å². The van der Waals surface area contributed by atoms with Crippen molar-refractivity contribution in [2.45, 2.75) is 33.3 Å². The van der Waals surface area contributed by atoms with Gasteiger partial charge in [0.1, 0.15) is 0 Å². The molecule has 96 valence electrons. The lowest BCUT2D eigenvalue weighted by Gasteiger charge is -2.10. The van der Waals surface area contributed by atoms with Gasteiger partial charge in [0.25, 0.3) is 0 Å². The Hall–Kier alpha value is -1.13. The van der Waals surface area contributed by atoms with Crippen LogP contribution in [0.3, 0.4) is 0 Å². The van der Waals surface area contributed by atoms with Gasteiger partial charge in [0.15, 0.2) is 0 Å². The number of benzene rings is 1. The molecule has 1 aromatic carbocycles. The second kappa shape index (κ2) is 5.67. The third-order valence-electron chi connectivity index (χ3n) is 3.00. The van der Waals surface area contributed by atoms with E-state index in [1.807, 2.05) is 22.9 Å². The lowest BCUT2D eigenvalue weighted by Crippen LogP contribution is -2.05. The number of nitrogens with zero attached hydrogens (tertiary/aromatic N) is 2. The summed E-state index contributed by atoms with van der Waals surface area (Å²) in [5, 5.41) is 14.1. The largest absolute Gasteiger partial charge is 0.392 e. The number of hydrogen-bond acceptors (Lipinski definition) is 2. The highest BCUT2D eigenvalue weighted by molar-refractivity contribution is 9.10. The quantitative estimate of drug-likeness (QED) is 0.941. The average Bonchev–Trinajstić information content (AvgIpc) is 2.81. The van der Waals surface area contributed by atoms with E-state index in [0.29, 0.717) is 0 Å². The fraction of sp³-hybridized carbons (Fsp3) is 0.357. The molecule has 2 aromatic rings. The molecular formula is C14H17BrN2O. The lowest BCUT2D eigenvalue weighted by atomic mass is 10.2. The van der Waals surface area contributed by atoms with Crippen molar-refractivity contribution in [2.24, 2.45) is 0 Å². The molecule has 0 fully saturated rings. The maximum atomic E-state index is 9.47. The highest BCUT2D eigenvalue weighted by atomic mass is 79.9. The van der Waals surface area contributed by atoms with Gasteiger partial charge in [0.05, 0.1) is 18.0 Å². The Kier molecular flexibility index (Phi) is 4.19. The fourth-order valence-electron chi connectivity index (χ4n) is 2.00. The van der Waals surface area contributed by atoms with Crippen LogP contribution in [0.1, 0.15) is 30.8 Å². The standard InChI is InChI=1S/C14H17BrN2O/c1-3-12-8-13(4-2)17(16-12)14-6-5-11(15)7-10(14)9-18/h5-8,18H,3-4,9H2,1-2H3. The predicted octanol–water partition coefficient (Wildman–Crippen LogP) is 3.25. The zero-order chi connectivity index (χ0) is 13.1. The van der Waals surface area contributed by atoms with Gasteiger partial charge in [-0.25, -0.2) is 4.68 Å². The minimum absolute atomic E-state index is 0.0131. The Balaban J connectivity index is 2.56. The second-order valence-electron chi connectivity index (χ2n) is 4.18. The van der Waals surface area contributed by atoms with Crippen molar-refractivity contribution < 1.29 is 5.11 Å². The molecule has 0 amide bonds. The molecule has 3 nitrogen and oxygen atoms in total. The fourth-order valence-corrected chi connectivity index (χ4v) is 2.40. The van der Waals surface area contributed by atoms with Crippen LogP contribution >= 0.6 is 15.9 Å². The number of aliphatic hydroxyl groups is 1. The predicted molar refractivity (Wildman–Crippen MR) is 75.9 cm³/mol. The molecule has 1 heterocycles. The van der Waals surface area contributed by atoms with E-state index in [1.54, 1.807) is 0 Å². The van der Waals surface area contributed by atoms with Crippen molar-refractivity contribution in [3.8, 4) is 5.69 Å². The maximum Gasteiger partial charge on any atom is 0.0704 e. The van der Waals surface area contributed by atoms with Crippen molar-refractivity contribution in [1.29, 1.82) is 0 Å². The van der Waals surface area contributed by atoms with E-state index in [0.717, 1.165) is 34.3 Å². The van der Waals surface area contributed by atoms with Crippen molar-refractivity contribution in [1.82, 2.24) is 9.78 Å². The first-order chi connectivity index (χ1) is 8.69. The molecule has 0 saturated carbocycles. The summed E-state index contributed by atoms with van der Waals surface area (Å²) in [4.78, 5) is 0. The van der Waals surface area contributed by atoms with E-state index in [9.17, 15) is 5.11 Å². The number of aromatic nitrogens is 2. The van der Waals surface area contributed by atoms with E-state index >= 15 is 0 Å². The maximum absolute atomic E-state index is 9.47. The molecule has 0 atom stereocenters. The molecule has 0 spiro atoms. The first-order valence-corrected chi connectivity index (χ1v) is 6.96. The van der Waals surface area contributed by atoms with Crippen LogP contribution in [0.4, 0.5) is 0 Å². The highest BCUT2D eigenvalue weighted by Gasteiger charge is 2.11. The SMILES string of the molecule is CCc1cc(CC)n(-c2ccc(Br)cc2CO)n1. The first-order valence-electron chi connectivity index (χ1n) is 6.17. The van der Waals surface area contributed by atoms with Crippen LogP contribution in [0, 0.1) is 0 Å². The van der Waals surface area contributed by atoms with Gasteiger partial charge in [-0.05, 0) is 37.1 Å². The molecule has 4 heteroatoms. The van der Waals surface area contributed by atoms with Crippen LogP contribution in [0.2, 0.25) is 0 Å². The molecule has 0 radical (unpaired) electrons. The zero-order valence-electron chi connectivity index (χ0n) is 10.7. The minimum atomic E-state index is 0.0131. The molecule has 0 unspecified atom stereocenters. The molecule has 0 bridgehead atoms. The Morgan fingerprint density at radius 3 is 2.61 bits per heavy atom. The summed E-state index contributed by atoms with van der Waals surface area (Å²) in [5.74, 6) is 0. The van der Waals surface area contributed by atoms with Crippen LogP contribution < -0.4 is 0 Å². The molecular weight excluding hydrogens is 292 g/mol. The van der Waals surface area contributed by atoms with E-state index in [2.05, 4.69) is 40.9 Å². The van der Waals surface area contributed by atoms with Crippen molar-refractivity contribution in [2.75, 3.05) is 0 Å². The van der Waals surface area contributed by atoms with Gasteiger partial charge < -0.3 is 5.11 Å². The van der Waals surface area contributed by atoms with Crippen LogP contribution in [0.5, 0.6) is 0 Å². The van der Waals surface area contributed by atoms with Crippen LogP contribution in [0.15, 0.2) is 28.7 Å². The van der Waals surface area contributed by atoms with Crippen molar-refractivity contribution >= 4 is 15.9 Å². The number of rotatable bonds is 4.